The minimum absolute atomic E-state index is 0.0256. The van der Waals surface area contributed by atoms with Gasteiger partial charge < -0.3 is 10.2 Å². The second-order valence-corrected chi connectivity index (χ2v) is 7.95. The average Bonchev–Trinajstić information content (AvgIpc) is 2.98. The highest BCUT2D eigenvalue weighted by atomic mass is 16.1. The lowest BCUT2D eigenvalue weighted by molar-refractivity contribution is 0.0926. The predicted octanol–water partition coefficient (Wildman–Crippen LogP) is 2.49. The van der Waals surface area contributed by atoms with Crippen molar-refractivity contribution in [1.29, 1.82) is 0 Å². The first-order chi connectivity index (χ1) is 12.9. The molecule has 1 saturated heterocycles. The molecular formula is C22H30N4O. The summed E-state index contributed by atoms with van der Waals surface area (Å²) in [7, 11) is 4.18. The van der Waals surface area contributed by atoms with Crippen LogP contribution in [0.4, 0.5) is 0 Å². The second-order valence-electron chi connectivity index (χ2n) is 7.95. The van der Waals surface area contributed by atoms with Gasteiger partial charge in [0, 0.05) is 56.1 Å². The van der Waals surface area contributed by atoms with E-state index < -0.39 is 0 Å². The van der Waals surface area contributed by atoms with E-state index in [1.165, 1.54) is 11.1 Å². The summed E-state index contributed by atoms with van der Waals surface area (Å²) in [4.78, 5) is 21.5. The van der Waals surface area contributed by atoms with Crippen LogP contribution in [0.15, 0.2) is 42.7 Å². The summed E-state index contributed by atoms with van der Waals surface area (Å²) in [6.45, 7) is 7.83. The number of hydrogen-bond donors (Lipinski definition) is 1. The van der Waals surface area contributed by atoms with Crippen LogP contribution in [0, 0.1) is 19.8 Å². The van der Waals surface area contributed by atoms with Gasteiger partial charge >= 0.3 is 0 Å². The number of likely N-dealkylation sites (tertiary alicyclic amines) is 1. The van der Waals surface area contributed by atoms with Gasteiger partial charge in [0.15, 0.2) is 0 Å². The molecule has 1 aliphatic heterocycles. The van der Waals surface area contributed by atoms with Crippen LogP contribution in [0.1, 0.15) is 27.0 Å². The first-order valence-corrected chi connectivity index (χ1v) is 9.56. The Hall–Kier alpha value is -2.24. The fraction of sp³-hybridized carbons (Fsp3) is 0.455. The third-order valence-electron chi connectivity index (χ3n) is 5.36. The molecule has 144 valence electrons. The molecule has 2 atom stereocenters. The fourth-order valence-electron chi connectivity index (χ4n) is 3.79. The molecule has 1 N–H and O–H groups in total. The molecule has 1 aliphatic rings. The standard InChI is InChI=1S/C22H30N4O/c1-16-5-6-19(11-17(16)2)22(27)24-21-15-26(14-20(21)13-25(3)4)12-18-7-9-23-10-8-18/h5-11,20-21H,12-15H2,1-4H3,(H,24,27)/t20-,21-/m1/s1. The molecule has 0 saturated carbocycles. The molecule has 1 aromatic carbocycles. The van der Waals surface area contributed by atoms with Crippen molar-refractivity contribution >= 4 is 5.91 Å². The Morgan fingerprint density at radius 2 is 1.89 bits per heavy atom. The molecule has 0 spiro atoms. The Kier molecular flexibility index (Phi) is 6.24. The van der Waals surface area contributed by atoms with Crippen LogP contribution in [0.3, 0.4) is 0 Å². The number of aromatic nitrogens is 1. The van der Waals surface area contributed by atoms with Crippen molar-refractivity contribution in [2.75, 3.05) is 33.7 Å². The minimum Gasteiger partial charge on any atom is -0.348 e. The summed E-state index contributed by atoms with van der Waals surface area (Å²) in [6.07, 6.45) is 3.67. The van der Waals surface area contributed by atoms with E-state index in [2.05, 4.69) is 53.3 Å². The molecule has 1 aromatic heterocycles. The molecule has 0 unspecified atom stereocenters. The highest BCUT2D eigenvalue weighted by molar-refractivity contribution is 5.94. The van der Waals surface area contributed by atoms with Gasteiger partial charge in [-0.15, -0.1) is 0 Å². The molecule has 5 nitrogen and oxygen atoms in total. The lowest BCUT2D eigenvalue weighted by Gasteiger charge is -2.23. The SMILES string of the molecule is Cc1ccc(C(=O)N[C@@H]2CN(Cc3ccncc3)C[C@H]2CN(C)C)cc1C. The predicted molar refractivity (Wildman–Crippen MR) is 109 cm³/mol. The van der Waals surface area contributed by atoms with E-state index in [-0.39, 0.29) is 11.9 Å². The monoisotopic (exact) mass is 366 g/mol. The summed E-state index contributed by atoms with van der Waals surface area (Å²) in [5.41, 5.74) is 4.36. The molecule has 1 fully saturated rings. The Labute approximate surface area is 162 Å². The van der Waals surface area contributed by atoms with Gasteiger partial charge in [0.05, 0.1) is 0 Å². The van der Waals surface area contributed by atoms with E-state index >= 15 is 0 Å². The van der Waals surface area contributed by atoms with E-state index in [4.69, 9.17) is 0 Å². The number of pyridine rings is 1. The number of hydrogen-bond acceptors (Lipinski definition) is 4. The Balaban J connectivity index is 1.68. The summed E-state index contributed by atoms with van der Waals surface area (Å²) < 4.78 is 0. The topological polar surface area (TPSA) is 48.5 Å². The Bertz CT molecular complexity index is 775. The van der Waals surface area contributed by atoms with Crippen LogP contribution in [0.25, 0.3) is 0 Å². The van der Waals surface area contributed by atoms with Crippen molar-refractivity contribution in [3.05, 3.63) is 65.0 Å². The zero-order valence-corrected chi connectivity index (χ0v) is 16.8. The molecule has 3 rings (SSSR count). The number of carbonyl (C=O) groups excluding carboxylic acids is 1. The van der Waals surface area contributed by atoms with Gasteiger partial charge in [0.2, 0.25) is 0 Å². The molecule has 27 heavy (non-hydrogen) atoms. The number of benzene rings is 1. The lowest BCUT2D eigenvalue weighted by atomic mass is 10.0. The molecule has 5 heteroatoms. The Morgan fingerprint density at radius 1 is 1.15 bits per heavy atom. The smallest absolute Gasteiger partial charge is 0.251 e. The molecule has 1 amide bonds. The molecule has 2 aromatic rings. The number of carbonyl (C=O) groups is 1. The van der Waals surface area contributed by atoms with E-state index in [1.54, 1.807) is 0 Å². The summed E-state index contributed by atoms with van der Waals surface area (Å²) in [6, 6.07) is 10.2. The first kappa shape index (κ1) is 19.5. The Morgan fingerprint density at radius 3 is 2.56 bits per heavy atom. The lowest BCUT2D eigenvalue weighted by Crippen LogP contribution is -2.43. The minimum atomic E-state index is 0.0256. The summed E-state index contributed by atoms with van der Waals surface area (Å²) in [5, 5.41) is 3.29. The van der Waals surface area contributed by atoms with Crippen molar-refractivity contribution in [2.24, 2.45) is 5.92 Å². The van der Waals surface area contributed by atoms with Gasteiger partial charge in [-0.3, -0.25) is 14.7 Å². The largest absolute Gasteiger partial charge is 0.348 e. The van der Waals surface area contributed by atoms with Gasteiger partial charge in [-0.2, -0.15) is 0 Å². The van der Waals surface area contributed by atoms with E-state index in [1.807, 2.05) is 37.5 Å². The van der Waals surface area contributed by atoms with Gasteiger partial charge in [0.25, 0.3) is 5.91 Å². The van der Waals surface area contributed by atoms with Gasteiger partial charge in [-0.05, 0) is 68.9 Å². The van der Waals surface area contributed by atoms with Crippen LogP contribution in [-0.4, -0.2) is 60.5 Å². The fourth-order valence-corrected chi connectivity index (χ4v) is 3.79. The molecule has 0 radical (unpaired) electrons. The van der Waals surface area contributed by atoms with Crippen molar-refractivity contribution in [2.45, 2.75) is 26.4 Å². The zero-order valence-electron chi connectivity index (χ0n) is 16.8. The van der Waals surface area contributed by atoms with Gasteiger partial charge in [-0.25, -0.2) is 0 Å². The average molecular weight is 367 g/mol. The van der Waals surface area contributed by atoms with Crippen LogP contribution in [-0.2, 0) is 6.54 Å². The highest BCUT2D eigenvalue weighted by Crippen LogP contribution is 2.21. The zero-order chi connectivity index (χ0) is 19.4. The van der Waals surface area contributed by atoms with E-state index in [9.17, 15) is 4.79 Å². The summed E-state index contributed by atoms with van der Waals surface area (Å²) >= 11 is 0. The van der Waals surface area contributed by atoms with E-state index in [0.717, 1.165) is 37.3 Å². The maximum absolute atomic E-state index is 12.8. The summed E-state index contributed by atoms with van der Waals surface area (Å²) in [5.74, 6) is 0.440. The van der Waals surface area contributed by atoms with Gasteiger partial charge in [-0.1, -0.05) is 6.07 Å². The number of nitrogens with zero attached hydrogens (tertiary/aromatic N) is 3. The maximum atomic E-state index is 12.8. The number of aryl methyl sites for hydroxylation is 2. The van der Waals surface area contributed by atoms with Crippen molar-refractivity contribution in [1.82, 2.24) is 20.1 Å². The van der Waals surface area contributed by atoms with Crippen molar-refractivity contribution in [3.63, 3.8) is 0 Å². The first-order valence-electron chi connectivity index (χ1n) is 9.56. The highest BCUT2D eigenvalue weighted by Gasteiger charge is 2.34. The van der Waals surface area contributed by atoms with Crippen molar-refractivity contribution < 1.29 is 4.79 Å². The van der Waals surface area contributed by atoms with Crippen LogP contribution < -0.4 is 5.32 Å². The second kappa shape index (κ2) is 8.63. The van der Waals surface area contributed by atoms with Crippen LogP contribution in [0.5, 0.6) is 0 Å². The molecule has 0 bridgehead atoms. The maximum Gasteiger partial charge on any atom is 0.251 e. The normalized spacial score (nSPS) is 20.2. The molecule has 2 heterocycles. The van der Waals surface area contributed by atoms with Crippen molar-refractivity contribution in [3.8, 4) is 0 Å². The van der Waals surface area contributed by atoms with Gasteiger partial charge in [0.1, 0.15) is 0 Å². The third-order valence-corrected chi connectivity index (χ3v) is 5.36. The quantitative estimate of drug-likeness (QED) is 0.853. The third kappa shape index (κ3) is 5.15. The number of nitrogens with one attached hydrogen (secondary N) is 1. The molecule has 0 aliphatic carbocycles. The number of amides is 1. The number of rotatable bonds is 6. The van der Waals surface area contributed by atoms with Crippen LogP contribution in [0.2, 0.25) is 0 Å². The molecular weight excluding hydrogens is 336 g/mol. The van der Waals surface area contributed by atoms with Crippen LogP contribution >= 0.6 is 0 Å². The van der Waals surface area contributed by atoms with E-state index in [0.29, 0.717) is 5.92 Å².